The Hall–Kier alpha value is -2.70. The highest BCUT2D eigenvalue weighted by atomic mass is 35.5. The summed E-state index contributed by atoms with van der Waals surface area (Å²) in [5, 5.41) is 11.7. The Labute approximate surface area is 146 Å². The van der Waals surface area contributed by atoms with E-state index in [2.05, 4.69) is 4.99 Å². The number of carbonyl (C=O) groups is 1. The van der Waals surface area contributed by atoms with E-state index < -0.39 is 10.9 Å². The first-order valence-electron chi connectivity index (χ1n) is 6.66. The molecule has 0 bridgehead atoms. The summed E-state index contributed by atoms with van der Waals surface area (Å²) in [6.45, 7) is 0. The summed E-state index contributed by atoms with van der Waals surface area (Å²) in [6, 6.07) is 10.5. The minimum Gasteiger partial charge on any atom is -0.402 e. The maximum atomic E-state index is 12.0. The van der Waals surface area contributed by atoms with Crippen molar-refractivity contribution in [3.63, 3.8) is 0 Å². The van der Waals surface area contributed by atoms with Crippen molar-refractivity contribution in [3.8, 4) is 0 Å². The van der Waals surface area contributed by atoms with E-state index in [9.17, 15) is 14.9 Å². The van der Waals surface area contributed by atoms with Gasteiger partial charge < -0.3 is 4.74 Å². The summed E-state index contributed by atoms with van der Waals surface area (Å²) < 4.78 is 5.08. The van der Waals surface area contributed by atoms with Crippen molar-refractivity contribution < 1.29 is 14.5 Å². The van der Waals surface area contributed by atoms with Crippen LogP contribution in [0.1, 0.15) is 11.1 Å². The maximum absolute atomic E-state index is 12.0. The van der Waals surface area contributed by atoms with Crippen LogP contribution in [-0.2, 0) is 9.53 Å². The standard InChI is InChI=1S/C16H8Cl2N2O4/c17-11-5-4-9(13(18)8-11)7-14-16(21)24-15(19-14)10-2-1-3-12(6-10)20(22)23/h1-8H/b14-7+. The molecule has 0 amide bonds. The molecule has 0 atom stereocenters. The molecule has 0 saturated carbocycles. The van der Waals surface area contributed by atoms with Gasteiger partial charge in [0, 0.05) is 27.7 Å². The van der Waals surface area contributed by atoms with Crippen LogP contribution in [0, 0.1) is 10.1 Å². The second-order valence-electron chi connectivity index (χ2n) is 4.81. The van der Waals surface area contributed by atoms with Crippen LogP contribution in [0.5, 0.6) is 0 Å². The Morgan fingerprint density at radius 2 is 1.96 bits per heavy atom. The van der Waals surface area contributed by atoms with Gasteiger partial charge in [-0.25, -0.2) is 9.79 Å². The van der Waals surface area contributed by atoms with E-state index in [0.717, 1.165) is 0 Å². The van der Waals surface area contributed by atoms with Crippen LogP contribution in [-0.4, -0.2) is 16.8 Å². The summed E-state index contributed by atoms with van der Waals surface area (Å²) in [4.78, 5) is 26.3. The molecular formula is C16H8Cl2N2O4. The molecule has 1 aliphatic heterocycles. The van der Waals surface area contributed by atoms with Gasteiger partial charge in [0.25, 0.3) is 5.69 Å². The second-order valence-corrected chi connectivity index (χ2v) is 5.65. The molecule has 120 valence electrons. The fraction of sp³-hybridized carbons (Fsp3) is 0. The molecule has 0 N–H and O–H groups in total. The van der Waals surface area contributed by atoms with Crippen LogP contribution in [0.2, 0.25) is 10.0 Å². The number of hydrogen-bond donors (Lipinski definition) is 0. The molecular weight excluding hydrogens is 355 g/mol. The smallest absolute Gasteiger partial charge is 0.363 e. The average Bonchev–Trinajstić information content (AvgIpc) is 2.91. The number of cyclic esters (lactones) is 1. The third-order valence-corrected chi connectivity index (χ3v) is 3.74. The van der Waals surface area contributed by atoms with Crippen molar-refractivity contribution in [3.05, 3.63) is 79.4 Å². The van der Waals surface area contributed by atoms with Gasteiger partial charge in [-0.1, -0.05) is 35.3 Å². The number of esters is 1. The van der Waals surface area contributed by atoms with Crippen LogP contribution in [0.25, 0.3) is 6.08 Å². The zero-order valence-electron chi connectivity index (χ0n) is 11.9. The van der Waals surface area contributed by atoms with Gasteiger partial charge in [-0.15, -0.1) is 0 Å². The van der Waals surface area contributed by atoms with Gasteiger partial charge >= 0.3 is 5.97 Å². The Bertz CT molecular complexity index is 922. The molecule has 24 heavy (non-hydrogen) atoms. The predicted molar refractivity (Wildman–Crippen MR) is 90.2 cm³/mol. The Morgan fingerprint density at radius 1 is 1.17 bits per heavy atom. The number of ether oxygens (including phenoxy) is 1. The van der Waals surface area contributed by atoms with Gasteiger partial charge in [0.1, 0.15) is 0 Å². The number of nitrogens with zero attached hydrogens (tertiary/aromatic N) is 2. The molecule has 2 aromatic rings. The molecule has 0 fully saturated rings. The average molecular weight is 363 g/mol. The van der Waals surface area contributed by atoms with E-state index in [1.165, 1.54) is 24.3 Å². The summed E-state index contributed by atoms with van der Waals surface area (Å²) in [5.74, 6) is -0.664. The molecule has 6 nitrogen and oxygen atoms in total. The lowest BCUT2D eigenvalue weighted by Gasteiger charge is -1.99. The van der Waals surface area contributed by atoms with E-state index in [4.69, 9.17) is 27.9 Å². The van der Waals surface area contributed by atoms with Gasteiger partial charge in [0.2, 0.25) is 5.90 Å². The number of benzene rings is 2. The topological polar surface area (TPSA) is 81.8 Å². The van der Waals surface area contributed by atoms with E-state index in [0.29, 0.717) is 21.2 Å². The van der Waals surface area contributed by atoms with Crippen molar-refractivity contribution >= 4 is 46.8 Å². The predicted octanol–water partition coefficient (Wildman–Crippen LogP) is 4.25. The number of nitro benzene ring substituents is 1. The number of nitro groups is 1. The molecule has 2 aromatic carbocycles. The number of hydrogen-bond acceptors (Lipinski definition) is 5. The van der Waals surface area contributed by atoms with Gasteiger partial charge in [-0.3, -0.25) is 10.1 Å². The first-order valence-corrected chi connectivity index (χ1v) is 7.42. The first-order chi connectivity index (χ1) is 11.4. The lowest BCUT2D eigenvalue weighted by atomic mass is 10.2. The highest BCUT2D eigenvalue weighted by Crippen LogP contribution is 2.26. The van der Waals surface area contributed by atoms with Crippen LogP contribution >= 0.6 is 23.2 Å². The summed E-state index contributed by atoms with van der Waals surface area (Å²) in [5.41, 5.74) is 0.811. The van der Waals surface area contributed by atoms with Crippen LogP contribution in [0.3, 0.4) is 0 Å². The first kappa shape index (κ1) is 16.2. The molecule has 0 spiro atoms. The number of rotatable bonds is 3. The Kier molecular flexibility index (Phi) is 4.33. The Balaban J connectivity index is 1.97. The highest BCUT2D eigenvalue weighted by molar-refractivity contribution is 6.35. The highest BCUT2D eigenvalue weighted by Gasteiger charge is 2.25. The van der Waals surface area contributed by atoms with Gasteiger partial charge in [0.05, 0.1) is 4.92 Å². The van der Waals surface area contributed by atoms with Crippen molar-refractivity contribution in [2.24, 2.45) is 4.99 Å². The quantitative estimate of drug-likeness (QED) is 0.353. The summed E-state index contributed by atoms with van der Waals surface area (Å²) >= 11 is 11.9. The molecule has 3 rings (SSSR count). The fourth-order valence-electron chi connectivity index (χ4n) is 2.05. The van der Waals surface area contributed by atoms with Crippen LogP contribution in [0.4, 0.5) is 5.69 Å². The van der Waals surface area contributed by atoms with E-state index in [-0.39, 0.29) is 17.3 Å². The zero-order chi connectivity index (χ0) is 17.3. The molecule has 8 heteroatoms. The molecule has 0 unspecified atom stereocenters. The lowest BCUT2D eigenvalue weighted by molar-refractivity contribution is -0.384. The molecule has 1 aliphatic rings. The number of carbonyl (C=O) groups excluding carboxylic acids is 1. The van der Waals surface area contributed by atoms with E-state index in [1.807, 2.05) is 0 Å². The molecule has 1 heterocycles. The zero-order valence-corrected chi connectivity index (χ0v) is 13.4. The minimum absolute atomic E-state index is 0.0000333. The normalized spacial score (nSPS) is 15.3. The van der Waals surface area contributed by atoms with Crippen molar-refractivity contribution in [1.29, 1.82) is 0 Å². The molecule has 0 aliphatic carbocycles. The maximum Gasteiger partial charge on any atom is 0.363 e. The van der Waals surface area contributed by atoms with Gasteiger partial charge in [-0.2, -0.15) is 0 Å². The van der Waals surface area contributed by atoms with Crippen molar-refractivity contribution in [2.75, 3.05) is 0 Å². The van der Waals surface area contributed by atoms with Crippen LogP contribution in [0.15, 0.2) is 53.2 Å². The molecule has 0 aromatic heterocycles. The lowest BCUT2D eigenvalue weighted by Crippen LogP contribution is -2.05. The third-order valence-electron chi connectivity index (χ3n) is 3.18. The number of non-ortho nitro benzene ring substituents is 1. The van der Waals surface area contributed by atoms with Gasteiger partial charge in [-0.05, 0) is 29.8 Å². The SMILES string of the molecule is O=C1OC(c2cccc([N+](=O)[O-])c2)=N/C1=C/c1ccc(Cl)cc1Cl. The molecule has 0 radical (unpaired) electrons. The Morgan fingerprint density at radius 3 is 2.67 bits per heavy atom. The van der Waals surface area contributed by atoms with Gasteiger partial charge in [0.15, 0.2) is 5.70 Å². The number of aliphatic imine (C=N–C) groups is 1. The van der Waals surface area contributed by atoms with Crippen LogP contribution < -0.4 is 0 Å². The summed E-state index contributed by atoms with van der Waals surface area (Å²) in [6.07, 6.45) is 1.46. The minimum atomic E-state index is -0.664. The monoisotopic (exact) mass is 362 g/mol. The van der Waals surface area contributed by atoms with E-state index in [1.54, 1.807) is 24.3 Å². The summed E-state index contributed by atoms with van der Waals surface area (Å²) in [7, 11) is 0. The van der Waals surface area contributed by atoms with E-state index >= 15 is 0 Å². The third kappa shape index (κ3) is 3.29. The van der Waals surface area contributed by atoms with Crippen molar-refractivity contribution in [1.82, 2.24) is 0 Å². The molecule has 0 saturated heterocycles. The fourth-order valence-corrected chi connectivity index (χ4v) is 2.51. The van der Waals surface area contributed by atoms with Crippen molar-refractivity contribution in [2.45, 2.75) is 0 Å². The number of halogens is 2. The second kappa shape index (κ2) is 6.43. The largest absolute Gasteiger partial charge is 0.402 e.